The molecule has 0 N–H and O–H groups in total. The number of carbonyl (C=O) groups is 2. The van der Waals surface area contributed by atoms with E-state index in [1.807, 2.05) is 44.2 Å². The maximum atomic E-state index is 14.7. The van der Waals surface area contributed by atoms with Crippen LogP contribution in [0.5, 0.6) is 0 Å². The number of fused-ring (bicyclic) bond motifs is 3. The van der Waals surface area contributed by atoms with E-state index in [0.29, 0.717) is 43.5 Å². The van der Waals surface area contributed by atoms with Crippen molar-refractivity contribution < 1.29 is 28.5 Å². The molecule has 6 heteroatoms. The Morgan fingerprint density at radius 2 is 1.65 bits per heavy atom. The number of esters is 1. The summed E-state index contributed by atoms with van der Waals surface area (Å²) < 4.78 is 25.7. The largest absolute Gasteiger partial charge is 0.461 e. The molecule has 4 fully saturated rings. The van der Waals surface area contributed by atoms with Crippen molar-refractivity contribution in [3.63, 3.8) is 0 Å². The number of hydrogen-bond donors (Lipinski definition) is 0. The monoisotopic (exact) mass is 676 g/mol. The Kier molecular flexibility index (Phi) is 9.90. The number of allylic oxidation sites excluding steroid dienone is 1. The molecule has 3 saturated carbocycles. The SMILES string of the molecule is CO[C@@H]1C[C@@]23COCC(C)([C@H]1OCC(=O)C(C)C)[C@@H]2CC[C@H]1C3=CC[C@@]2(C)[C@H](C(=O)OCc3ccccc3)[C@@](C)([C@H](C)C(C)C)CC[C@]12C. The van der Waals surface area contributed by atoms with Gasteiger partial charge in [0.15, 0.2) is 5.78 Å². The number of ether oxygens (including phenoxy) is 4. The number of ketones is 1. The summed E-state index contributed by atoms with van der Waals surface area (Å²) in [6.45, 7) is 22.3. The third-order valence-corrected chi connectivity index (χ3v) is 15.6. The van der Waals surface area contributed by atoms with E-state index < -0.39 is 0 Å². The van der Waals surface area contributed by atoms with Gasteiger partial charge in [0.25, 0.3) is 0 Å². The molecule has 11 atom stereocenters. The molecule has 272 valence electrons. The summed E-state index contributed by atoms with van der Waals surface area (Å²) >= 11 is 0. The fraction of sp³-hybridized carbons (Fsp3) is 0.767. The van der Waals surface area contributed by atoms with Gasteiger partial charge in [0.05, 0.1) is 31.3 Å². The molecular formula is C43H64O6. The number of rotatable bonds is 10. The van der Waals surface area contributed by atoms with Crippen LogP contribution >= 0.6 is 0 Å². The van der Waals surface area contributed by atoms with Crippen molar-refractivity contribution >= 4 is 11.8 Å². The third kappa shape index (κ3) is 5.60. The molecule has 1 heterocycles. The number of methoxy groups -OCH3 is 1. The van der Waals surface area contributed by atoms with E-state index in [1.54, 1.807) is 12.7 Å². The van der Waals surface area contributed by atoms with Gasteiger partial charge in [0, 0.05) is 23.9 Å². The molecule has 1 saturated heterocycles. The fourth-order valence-electron chi connectivity index (χ4n) is 12.2. The highest BCUT2D eigenvalue weighted by molar-refractivity contribution is 5.81. The first-order valence-corrected chi connectivity index (χ1v) is 19.2. The standard InChI is InChI=1S/C43H64O6/c1-27(2)29(5)39(6)20-21-41(8)31-16-17-35-40(7)25-47-26-43(35,22-34(46-10)37(40)48-24-33(44)28(3)4)32(31)18-19-42(41,9)36(39)38(45)49-23-30-14-12-11-13-15-30/h11-15,18,27-29,31,34-37H,16-17,19-26H2,1-10H3/t29-,31+,34-,35+,36-,37+,39-,40?,41-,42+,43+/m1/s1. The van der Waals surface area contributed by atoms with Crippen LogP contribution in [0.4, 0.5) is 0 Å². The maximum absolute atomic E-state index is 14.7. The average molecular weight is 677 g/mol. The highest BCUT2D eigenvalue weighted by Crippen LogP contribution is 2.75. The Labute approximate surface area is 296 Å². The van der Waals surface area contributed by atoms with Gasteiger partial charge in [-0.05, 0) is 84.0 Å². The molecule has 0 radical (unpaired) electrons. The lowest BCUT2D eigenvalue weighted by Crippen LogP contribution is -2.70. The smallest absolute Gasteiger partial charge is 0.310 e. The maximum Gasteiger partial charge on any atom is 0.310 e. The van der Waals surface area contributed by atoms with E-state index in [1.165, 1.54) is 0 Å². The van der Waals surface area contributed by atoms with Crippen molar-refractivity contribution in [1.29, 1.82) is 0 Å². The predicted molar refractivity (Wildman–Crippen MR) is 193 cm³/mol. The van der Waals surface area contributed by atoms with Crippen molar-refractivity contribution in [2.45, 2.75) is 120 Å². The van der Waals surface area contributed by atoms with Crippen LogP contribution in [0.1, 0.15) is 106 Å². The summed E-state index contributed by atoms with van der Waals surface area (Å²) in [6, 6.07) is 10.1. The quantitative estimate of drug-likeness (QED) is 0.182. The lowest BCUT2D eigenvalue weighted by atomic mass is 9.34. The number of hydrogen-bond acceptors (Lipinski definition) is 6. The lowest BCUT2D eigenvalue weighted by molar-refractivity contribution is -0.266. The van der Waals surface area contributed by atoms with Gasteiger partial charge >= 0.3 is 5.97 Å². The number of benzene rings is 1. The molecule has 0 aromatic heterocycles. The molecule has 6 rings (SSSR count). The van der Waals surface area contributed by atoms with E-state index in [-0.39, 0.29) is 69.5 Å². The Morgan fingerprint density at radius 1 is 0.939 bits per heavy atom. The van der Waals surface area contributed by atoms with Crippen LogP contribution in [0.3, 0.4) is 0 Å². The molecule has 5 aliphatic rings. The molecule has 6 nitrogen and oxygen atoms in total. The number of Topliss-reactive ketones (excluding diaryl/α,β-unsaturated/α-hetero) is 1. The molecule has 0 amide bonds. The van der Waals surface area contributed by atoms with Crippen LogP contribution in [0.25, 0.3) is 0 Å². The average Bonchev–Trinajstić information content (AvgIpc) is 3.06. The highest BCUT2D eigenvalue weighted by atomic mass is 16.5. The Morgan fingerprint density at radius 3 is 2.31 bits per heavy atom. The van der Waals surface area contributed by atoms with Gasteiger partial charge in [-0.1, -0.05) is 104 Å². The van der Waals surface area contributed by atoms with E-state index in [4.69, 9.17) is 18.9 Å². The molecule has 0 spiro atoms. The second-order valence-corrected chi connectivity index (χ2v) is 18.4. The van der Waals surface area contributed by atoms with Crippen molar-refractivity contribution in [2.24, 2.45) is 62.6 Å². The van der Waals surface area contributed by atoms with Gasteiger partial charge in [-0.25, -0.2) is 0 Å². The molecule has 1 aromatic rings. The van der Waals surface area contributed by atoms with Gasteiger partial charge in [-0.2, -0.15) is 0 Å². The second kappa shape index (κ2) is 13.2. The molecular weight excluding hydrogens is 612 g/mol. The van der Waals surface area contributed by atoms with E-state index >= 15 is 0 Å². The first kappa shape index (κ1) is 36.8. The first-order chi connectivity index (χ1) is 23.1. The summed E-state index contributed by atoms with van der Waals surface area (Å²) in [4.78, 5) is 27.4. The van der Waals surface area contributed by atoms with Crippen molar-refractivity contribution in [2.75, 3.05) is 26.9 Å². The highest BCUT2D eigenvalue weighted by Gasteiger charge is 2.72. The predicted octanol–water partition coefficient (Wildman–Crippen LogP) is 8.86. The summed E-state index contributed by atoms with van der Waals surface area (Å²) in [5, 5.41) is 0. The van der Waals surface area contributed by atoms with Crippen molar-refractivity contribution in [1.82, 2.24) is 0 Å². The third-order valence-electron chi connectivity index (χ3n) is 15.6. The van der Waals surface area contributed by atoms with Gasteiger partial charge in [0.1, 0.15) is 13.2 Å². The van der Waals surface area contributed by atoms with E-state index in [0.717, 1.165) is 44.1 Å². The topological polar surface area (TPSA) is 71.1 Å². The normalized spacial score (nSPS) is 42.0. The minimum Gasteiger partial charge on any atom is -0.461 e. The fourth-order valence-corrected chi connectivity index (χ4v) is 12.2. The summed E-state index contributed by atoms with van der Waals surface area (Å²) in [5.74, 6) is 1.40. The molecule has 1 unspecified atom stereocenters. The molecule has 1 aromatic carbocycles. The zero-order valence-electron chi connectivity index (χ0n) is 32.1. The Hall–Kier alpha value is -2.02. The van der Waals surface area contributed by atoms with Crippen molar-refractivity contribution in [3.8, 4) is 0 Å². The Bertz CT molecular complexity index is 1420. The second-order valence-electron chi connectivity index (χ2n) is 18.4. The molecule has 1 aliphatic heterocycles. The van der Waals surface area contributed by atoms with Gasteiger partial charge in [0.2, 0.25) is 0 Å². The van der Waals surface area contributed by atoms with Gasteiger partial charge in [-0.15, -0.1) is 0 Å². The van der Waals surface area contributed by atoms with E-state index in [2.05, 4.69) is 54.5 Å². The van der Waals surface area contributed by atoms with Crippen molar-refractivity contribution in [3.05, 3.63) is 47.5 Å². The van der Waals surface area contributed by atoms with Gasteiger partial charge in [-0.3, -0.25) is 9.59 Å². The van der Waals surface area contributed by atoms with Gasteiger partial charge < -0.3 is 18.9 Å². The zero-order chi connectivity index (χ0) is 35.6. The zero-order valence-corrected chi connectivity index (χ0v) is 32.1. The van der Waals surface area contributed by atoms with Crippen LogP contribution in [-0.4, -0.2) is 50.9 Å². The summed E-state index contributed by atoms with van der Waals surface area (Å²) in [6.07, 6.45) is 8.23. The van der Waals surface area contributed by atoms with Crippen LogP contribution in [-0.2, 0) is 35.1 Å². The first-order valence-electron chi connectivity index (χ1n) is 19.2. The summed E-state index contributed by atoms with van der Waals surface area (Å²) in [7, 11) is 1.81. The van der Waals surface area contributed by atoms with Crippen LogP contribution in [0.15, 0.2) is 42.0 Å². The lowest BCUT2D eigenvalue weighted by Gasteiger charge is -2.71. The summed E-state index contributed by atoms with van der Waals surface area (Å²) in [5.41, 5.74) is 1.67. The Balaban J connectivity index is 1.38. The van der Waals surface area contributed by atoms with Crippen LogP contribution in [0, 0.1) is 62.6 Å². The van der Waals surface area contributed by atoms with Crippen LogP contribution < -0.4 is 0 Å². The minimum absolute atomic E-state index is 0.0300. The molecule has 4 aliphatic carbocycles. The van der Waals surface area contributed by atoms with E-state index in [9.17, 15) is 9.59 Å². The molecule has 49 heavy (non-hydrogen) atoms. The number of carbonyl (C=O) groups excluding carboxylic acids is 2. The minimum atomic E-state index is -0.260. The van der Waals surface area contributed by atoms with Crippen LogP contribution in [0.2, 0.25) is 0 Å². The molecule has 2 bridgehead atoms.